The molecule has 2 aromatic heterocycles. The maximum atomic E-state index is 11.2. The van der Waals surface area contributed by atoms with Crippen LogP contribution in [0, 0.1) is 0 Å². The zero-order valence-electron chi connectivity index (χ0n) is 20.7. The number of aromatic hydroxyl groups is 1. The van der Waals surface area contributed by atoms with E-state index in [4.69, 9.17) is 26.1 Å². The first-order chi connectivity index (χ1) is 18.7. The molecule has 2 aromatic carbocycles. The van der Waals surface area contributed by atoms with Gasteiger partial charge in [-0.3, -0.25) is 0 Å². The largest absolute Gasteiger partial charge is 0.493 e. The van der Waals surface area contributed by atoms with Crippen molar-refractivity contribution < 1.29 is 14.6 Å². The van der Waals surface area contributed by atoms with Gasteiger partial charge in [0.1, 0.15) is 0 Å². The average Bonchev–Trinajstić information content (AvgIpc) is 3.22. The van der Waals surface area contributed by atoms with Gasteiger partial charge in [-0.15, -0.1) is 10.2 Å². The number of morpholine rings is 2. The van der Waals surface area contributed by atoms with E-state index < -0.39 is 0 Å². The predicted molar refractivity (Wildman–Crippen MR) is 144 cm³/mol. The molecular formula is C26H27ClN8O3. The third-order valence-electron chi connectivity index (χ3n) is 6.58. The second-order valence-electron chi connectivity index (χ2n) is 9.04. The molecule has 0 spiro atoms. The number of anilines is 2. The highest BCUT2D eigenvalue weighted by molar-refractivity contribution is 6.31. The lowest BCUT2D eigenvalue weighted by Gasteiger charge is -2.29. The number of ether oxygens (including phenoxy) is 2. The minimum absolute atomic E-state index is 0.00858. The third-order valence-corrected chi connectivity index (χ3v) is 6.82. The van der Waals surface area contributed by atoms with Crippen molar-refractivity contribution in [2.75, 3.05) is 62.4 Å². The van der Waals surface area contributed by atoms with E-state index in [0.29, 0.717) is 87.1 Å². The van der Waals surface area contributed by atoms with E-state index in [-0.39, 0.29) is 11.8 Å². The van der Waals surface area contributed by atoms with Crippen molar-refractivity contribution in [2.24, 2.45) is 10.2 Å². The molecule has 2 fully saturated rings. The molecule has 2 aliphatic rings. The quantitative estimate of drug-likeness (QED) is 0.364. The van der Waals surface area contributed by atoms with Gasteiger partial charge in [0.05, 0.1) is 38.5 Å². The molecule has 0 atom stereocenters. The summed E-state index contributed by atoms with van der Waals surface area (Å²) in [6, 6.07) is 15.3. The van der Waals surface area contributed by atoms with E-state index >= 15 is 0 Å². The van der Waals surface area contributed by atoms with Crippen LogP contribution >= 0.6 is 11.6 Å². The van der Waals surface area contributed by atoms with Gasteiger partial charge >= 0.3 is 0 Å². The van der Waals surface area contributed by atoms with E-state index in [1.165, 1.54) is 0 Å². The fourth-order valence-electron chi connectivity index (χ4n) is 4.61. The van der Waals surface area contributed by atoms with Gasteiger partial charge in [-0.1, -0.05) is 41.9 Å². The summed E-state index contributed by atoms with van der Waals surface area (Å²) in [6.07, 6.45) is 0. The minimum Gasteiger partial charge on any atom is -0.493 e. The van der Waals surface area contributed by atoms with Crippen LogP contribution in [-0.2, 0) is 16.0 Å². The minimum atomic E-state index is -0.00858. The fraction of sp³-hybridized carbons (Fsp3) is 0.346. The molecule has 0 aliphatic carbocycles. The van der Waals surface area contributed by atoms with Crippen molar-refractivity contribution in [1.29, 1.82) is 0 Å². The average molecular weight is 535 g/mol. The molecule has 4 heterocycles. The molecule has 0 radical (unpaired) electrons. The molecule has 0 bridgehead atoms. The highest BCUT2D eigenvalue weighted by atomic mass is 35.5. The van der Waals surface area contributed by atoms with Gasteiger partial charge in [-0.05, 0) is 23.8 Å². The van der Waals surface area contributed by atoms with Gasteiger partial charge in [-0.2, -0.15) is 15.0 Å². The van der Waals surface area contributed by atoms with E-state index in [2.05, 4.69) is 30.0 Å². The van der Waals surface area contributed by atoms with Crippen LogP contribution in [0.1, 0.15) is 5.56 Å². The second kappa shape index (κ2) is 10.9. The Bertz CT molecular complexity index is 1410. The number of aromatic nitrogens is 4. The third kappa shape index (κ3) is 5.13. The number of halogens is 1. The smallest absolute Gasteiger partial charge is 0.275 e. The lowest BCUT2D eigenvalue weighted by molar-refractivity contribution is 0.121. The zero-order chi connectivity index (χ0) is 25.9. The van der Waals surface area contributed by atoms with Crippen LogP contribution in [0.25, 0.3) is 10.9 Å². The fourth-order valence-corrected chi connectivity index (χ4v) is 4.78. The monoisotopic (exact) mass is 534 g/mol. The van der Waals surface area contributed by atoms with Crippen LogP contribution in [-0.4, -0.2) is 77.2 Å². The standard InChI is InChI=1S/C26H27ClN8O3/c27-19-6-7-21-20(16-19)22(23(36)35(21)17-18-4-2-1-3-5-18)31-32-24-28-25(33-8-12-37-13-9-33)30-26(29-24)34-10-14-38-15-11-34/h1-7,16,36H,8-15,17H2. The van der Waals surface area contributed by atoms with Crippen molar-refractivity contribution in [3.05, 3.63) is 59.1 Å². The number of fused-ring (bicyclic) bond motifs is 1. The number of azo groups is 1. The Kier molecular flexibility index (Phi) is 7.04. The van der Waals surface area contributed by atoms with Crippen molar-refractivity contribution in [3.8, 4) is 5.88 Å². The normalized spacial score (nSPS) is 16.6. The molecule has 2 aliphatic heterocycles. The maximum Gasteiger partial charge on any atom is 0.275 e. The summed E-state index contributed by atoms with van der Waals surface area (Å²) < 4.78 is 12.8. The summed E-state index contributed by atoms with van der Waals surface area (Å²) in [5.74, 6) is 1.20. The molecule has 0 amide bonds. The molecule has 196 valence electrons. The van der Waals surface area contributed by atoms with Crippen LogP contribution in [0.3, 0.4) is 0 Å². The summed E-state index contributed by atoms with van der Waals surface area (Å²) >= 11 is 6.32. The molecular weight excluding hydrogens is 508 g/mol. The van der Waals surface area contributed by atoms with Crippen LogP contribution in [0.2, 0.25) is 5.02 Å². The van der Waals surface area contributed by atoms with Gasteiger partial charge in [0.25, 0.3) is 5.95 Å². The highest BCUT2D eigenvalue weighted by Crippen LogP contribution is 2.41. The Morgan fingerprint density at radius 3 is 2.08 bits per heavy atom. The first-order valence-corrected chi connectivity index (χ1v) is 12.9. The molecule has 4 aromatic rings. The van der Waals surface area contributed by atoms with E-state index in [9.17, 15) is 5.11 Å². The van der Waals surface area contributed by atoms with Crippen LogP contribution < -0.4 is 9.80 Å². The Morgan fingerprint density at radius 1 is 0.816 bits per heavy atom. The summed E-state index contributed by atoms with van der Waals surface area (Å²) in [6.45, 7) is 5.58. The van der Waals surface area contributed by atoms with Crippen molar-refractivity contribution in [1.82, 2.24) is 19.5 Å². The first-order valence-electron chi connectivity index (χ1n) is 12.5. The number of nitrogens with zero attached hydrogens (tertiary/aromatic N) is 8. The summed E-state index contributed by atoms with van der Waals surface area (Å²) in [7, 11) is 0. The molecule has 0 saturated carbocycles. The number of hydrogen-bond acceptors (Lipinski definition) is 10. The molecule has 6 rings (SSSR count). The topological polar surface area (TPSA) is 113 Å². The van der Waals surface area contributed by atoms with E-state index in [1.54, 1.807) is 16.7 Å². The lowest BCUT2D eigenvalue weighted by atomic mass is 10.2. The Morgan fingerprint density at radius 2 is 1.45 bits per heavy atom. The summed E-state index contributed by atoms with van der Waals surface area (Å²) in [4.78, 5) is 18.0. The summed E-state index contributed by atoms with van der Waals surface area (Å²) in [5.41, 5.74) is 2.14. The molecule has 38 heavy (non-hydrogen) atoms. The SMILES string of the molecule is Oc1c(N=Nc2nc(N3CCOCC3)nc(N3CCOCC3)n2)c2cc(Cl)ccc2n1Cc1ccccc1. The van der Waals surface area contributed by atoms with Crippen LogP contribution in [0.5, 0.6) is 5.88 Å². The number of benzene rings is 2. The Balaban J connectivity index is 1.39. The number of hydrogen-bond donors (Lipinski definition) is 1. The molecule has 12 heteroatoms. The van der Waals surface area contributed by atoms with Crippen LogP contribution in [0.4, 0.5) is 23.5 Å². The molecule has 0 unspecified atom stereocenters. The van der Waals surface area contributed by atoms with Crippen LogP contribution in [0.15, 0.2) is 58.8 Å². The Labute approximate surface area is 224 Å². The highest BCUT2D eigenvalue weighted by Gasteiger charge is 2.22. The van der Waals surface area contributed by atoms with Crippen molar-refractivity contribution >= 4 is 46.0 Å². The Hall–Kier alpha value is -3.80. The summed E-state index contributed by atoms with van der Waals surface area (Å²) in [5, 5.41) is 21.3. The van der Waals surface area contributed by atoms with Gasteiger partial charge < -0.3 is 28.9 Å². The zero-order valence-corrected chi connectivity index (χ0v) is 21.5. The number of rotatable bonds is 6. The van der Waals surface area contributed by atoms with Gasteiger partial charge in [0.15, 0.2) is 5.69 Å². The maximum absolute atomic E-state index is 11.2. The molecule has 11 nitrogen and oxygen atoms in total. The van der Waals surface area contributed by atoms with Crippen molar-refractivity contribution in [2.45, 2.75) is 6.54 Å². The van der Waals surface area contributed by atoms with E-state index in [0.717, 1.165) is 11.1 Å². The molecule has 1 N–H and O–H groups in total. The first kappa shape index (κ1) is 24.5. The van der Waals surface area contributed by atoms with E-state index in [1.807, 2.05) is 36.4 Å². The van der Waals surface area contributed by atoms with Gasteiger partial charge in [-0.25, -0.2) is 0 Å². The lowest BCUT2D eigenvalue weighted by Crippen LogP contribution is -2.39. The van der Waals surface area contributed by atoms with Crippen molar-refractivity contribution in [3.63, 3.8) is 0 Å². The van der Waals surface area contributed by atoms with Gasteiger partial charge in [0, 0.05) is 36.6 Å². The predicted octanol–water partition coefficient (Wildman–Crippen LogP) is 4.32. The second-order valence-corrected chi connectivity index (χ2v) is 9.48. The van der Waals surface area contributed by atoms with Gasteiger partial charge in [0.2, 0.25) is 17.8 Å². The molecule has 2 saturated heterocycles.